The van der Waals surface area contributed by atoms with Gasteiger partial charge in [-0.3, -0.25) is 0 Å². The Labute approximate surface area is 185 Å². The van der Waals surface area contributed by atoms with E-state index in [9.17, 15) is 4.39 Å². The van der Waals surface area contributed by atoms with Crippen molar-refractivity contribution in [2.75, 3.05) is 36.0 Å². The van der Waals surface area contributed by atoms with E-state index < -0.39 is 0 Å². The van der Waals surface area contributed by atoms with Gasteiger partial charge in [-0.2, -0.15) is 9.61 Å². The number of nitrogens with zero attached hydrogens (tertiary/aromatic N) is 5. The van der Waals surface area contributed by atoms with Crippen molar-refractivity contribution in [1.82, 2.24) is 14.6 Å². The minimum atomic E-state index is -0.206. The van der Waals surface area contributed by atoms with Crippen molar-refractivity contribution in [3.63, 3.8) is 0 Å². The molecule has 7 heteroatoms. The molecule has 2 aromatic heterocycles. The minimum absolute atomic E-state index is 0.206. The third-order valence-corrected chi connectivity index (χ3v) is 6.05. The lowest BCUT2D eigenvalue weighted by atomic mass is 10.1. The van der Waals surface area contributed by atoms with Crippen molar-refractivity contribution in [2.24, 2.45) is 0 Å². The summed E-state index contributed by atoms with van der Waals surface area (Å²) >= 11 is 6.08. The number of rotatable bonds is 3. The van der Waals surface area contributed by atoms with Gasteiger partial charge in [0.15, 0.2) is 5.65 Å². The van der Waals surface area contributed by atoms with Crippen LogP contribution in [0.15, 0.2) is 54.6 Å². The lowest BCUT2D eigenvalue weighted by Crippen LogP contribution is -2.47. The molecule has 158 valence electrons. The second-order valence-electron chi connectivity index (χ2n) is 7.91. The summed E-state index contributed by atoms with van der Waals surface area (Å²) in [6, 6.07) is 16.6. The fraction of sp³-hybridized carbons (Fsp3) is 0.250. The zero-order chi connectivity index (χ0) is 21.5. The summed E-state index contributed by atoms with van der Waals surface area (Å²) in [5.74, 6) is 0.840. The maximum Gasteiger partial charge on any atom is 0.165 e. The van der Waals surface area contributed by atoms with Crippen LogP contribution in [0.3, 0.4) is 0 Å². The van der Waals surface area contributed by atoms with E-state index in [0.717, 1.165) is 65.8 Å². The van der Waals surface area contributed by atoms with Crippen molar-refractivity contribution in [3.05, 3.63) is 76.8 Å². The first-order valence-electron chi connectivity index (χ1n) is 10.4. The monoisotopic (exact) mass is 435 g/mol. The highest BCUT2D eigenvalue weighted by Gasteiger charge is 2.23. The van der Waals surface area contributed by atoms with Crippen LogP contribution in [0, 0.1) is 19.7 Å². The molecule has 0 saturated carbocycles. The van der Waals surface area contributed by atoms with Crippen molar-refractivity contribution in [2.45, 2.75) is 13.8 Å². The van der Waals surface area contributed by atoms with Crippen LogP contribution in [0.1, 0.15) is 11.4 Å². The highest BCUT2D eigenvalue weighted by molar-refractivity contribution is 6.30. The quantitative estimate of drug-likeness (QED) is 0.447. The van der Waals surface area contributed by atoms with E-state index in [2.05, 4.69) is 15.9 Å². The molecule has 0 N–H and O–H groups in total. The molecule has 1 aliphatic heterocycles. The van der Waals surface area contributed by atoms with E-state index in [1.807, 2.05) is 54.8 Å². The predicted molar refractivity (Wildman–Crippen MR) is 124 cm³/mol. The number of halogens is 2. The van der Waals surface area contributed by atoms with Crippen LogP contribution < -0.4 is 9.80 Å². The normalized spacial score (nSPS) is 14.5. The molecule has 31 heavy (non-hydrogen) atoms. The van der Waals surface area contributed by atoms with E-state index in [1.165, 1.54) is 12.1 Å². The molecule has 0 amide bonds. The van der Waals surface area contributed by atoms with Crippen LogP contribution in [0.5, 0.6) is 0 Å². The number of benzene rings is 2. The number of hydrogen-bond donors (Lipinski definition) is 0. The summed E-state index contributed by atoms with van der Waals surface area (Å²) in [6.45, 7) is 7.46. The van der Waals surface area contributed by atoms with E-state index in [4.69, 9.17) is 21.7 Å². The van der Waals surface area contributed by atoms with Gasteiger partial charge in [-0.1, -0.05) is 23.7 Å². The Bertz CT molecular complexity index is 1230. The molecule has 2 aromatic carbocycles. The second kappa shape index (κ2) is 7.85. The SMILES string of the molecule is Cc1cc(N2CCN(c3ccc(F)cc3)CC2)n2nc(C)c(-c3ccc(Cl)cc3)c2n1. The standard InChI is InChI=1S/C24H23ClFN5/c1-16-15-22(30-13-11-29(12-14-30)21-9-7-20(26)8-10-21)31-24(27-16)23(17(2)28-31)18-3-5-19(25)6-4-18/h3-10,15H,11-14H2,1-2H3. The molecule has 3 heterocycles. The highest BCUT2D eigenvalue weighted by Crippen LogP contribution is 2.31. The molecule has 0 aliphatic carbocycles. The molecule has 4 aromatic rings. The van der Waals surface area contributed by atoms with E-state index >= 15 is 0 Å². The van der Waals surface area contributed by atoms with Gasteiger partial charge in [-0.15, -0.1) is 0 Å². The smallest absolute Gasteiger partial charge is 0.165 e. The number of aromatic nitrogens is 3. The average molecular weight is 436 g/mol. The molecule has 0 unspecified atom stereocenters. The van der Waals surface area contributed by atoms with Gasteiger partial charge in [-0.05, 0) is 55.8 Å². The molecule has 1 saturated heterocycles. The highest BCUT2D eigenvalue weighted by atomic mass is 35.5. The van der Waals surface area contributed by atoms with Crippen molar-refractivity contribution in [3.8, 4) is 11.1 Å². The summed E-state index contributed by atoms with van der Waals surface area (Å²) in [6.07, 6.45) is 0. The molecular weight excluding hydrogens is 413 g/mol. The Morgan fingerprint density at radius 1 is 0.871 bits per heavy atom. The summed E-state index contributed by atoms with van der Waals surface area (Å²) in [7, 11) is 0. The van der Waals surface area contributed by atoms with Crippen LogP contribution >= 0.6 is 11.6 Å². The van der Waals surface area contributed by atoms with Crippen LogP contribution in [0.25, 0.3) is 16.8 Å². The molecular formula is C24H23ClFN5. The van der Waals surface area contributed by atoms with Crippen LogP contribution in [-0.4, -0.2) is 40.8 Å². The summed E-state index contributed by atoms with van der Waals surface area (Å²) in [4.78, 5) is 9.45. The largest absolute Gasteiger partial charge is 0.368 e. The van der Waals surface area contributed by atoms with Gasteiger partial charge in [0.1, 0.15) is 11.6 Å². The number of anilines is 2. The van der Waals surface area contributed by atoms with Crippen LogP contribution in [0.2, 0.25) is 5.02 Å². The van der Waals surface area contributed by atoms with E-state index in [1.54, 1.807) is 0 Å². The molecule has 1 aliphatic rings. The van der Waals surface area contributed by atoms with Crippen LogP contribution in [0.4, 0.5) is 15.9 Å². The van der Waals surface area contributed by atoms with Crippen molar-refractivity contribution < 1.29 is 4.39 Å². The van der Waals surface area contributed by atoms with Crippen molar-refractivity contribution in [1.29, 1.82) is 0 Å². The van der Waals surface area contributed by atoms with E-state index in [-0.39, 0.29) is 5.82 Å². The lowest BCUT2D eigenvalue weighted by Gasteiger charge is -2.37. The molecule has 0 spiro atoms. The first-order chi connectivity index (χ1) is 15.0. The first kappa shape index (κ1) is 19.8. The molecule has 1 fully saturated rings. The third kappa shape index (κ3) is 3.72. The molecule has 0 atom stereocenters. The van der Waals surface area contributed by atoms with Gasteiger partial charge in [0.25, 0.3) is 0 Å². The molecule has 0 bridgehead atoms. The Kier molecular flexibility index (Phi) is 5.02. The zero-order valence-corrected chi connectivity index (χ0v) is 18.3. The number of hydrogen-bond acceptors (Lipinski definition) is 4. The zero-order valence-electron chi connectivity index (χ0n) is 17.5. The Balaban J connectivity index is 1.47. The van der Waals surface area contributed by atoms with Gasteiger partial charge >= 0.3 is 0 Å². The lowest BCUT2D eigenvalue weighted by molar-refractivity contribution is 0.622. The molecule has 5 rings (SSSR count). The predicted octanol–water partition coefficient (Wildman–Crippen LogP) is 5.13. The summed E-state index contributed by atoms with van der Waals surface area (Å²) in [5.41, 5.74) is 5.90. The second-order valence-corrected chi connectivity index (χ2v) is 8.35. The van der Waals surface area contributed by atoms with Gasteiger partial charge < -0.3 is 9.80 Å². The maximum absolute atomic E-state index is 13.3. The van der Waals surface area contributed by atoms with Gasteiger partial charge in [-0.25, -0.2) is 9.37 Å². The summed E-state index contributed by atoms with van der Waals surface area (Å²) < 4.78 is 15.2. The molecule has 5 nitrogen and oxygen atoms in total. The van der Waals surface area contributed by atoms with Crippen molar-refractivity contribution >= 4 is 28.8 Å². The Hall–Kier alpha value is -3.12. The molecule has 0 radical (unpaired) electrons. The Morgan fingerprint density at radius 3 is 2.19 bits per heavy atom. The third-order valence-electron chi connectivity index (χ3n) is 5.80. The van der Waals surface area contributed by atoms with E-state index in [0.29, 0.717) is 5.02 Å². The first-order valence-corrected chi connectivity index (χ1v) is 10.8. The topological polar surface area (TPSA) is 36.7 Å². The summed E-state index contributed by atoms with van der Waals surface area (Å²) in [5, 5.41) is 5.55. The fourth-order valence-electron chi connectivity index (χ4n) is 4.25. The van der Waals surface area contributed by atoms with Gasteiger partial charge in [0, 0.05) is 54.2 Å². The van der Waals surface area contributed by atoms with Crippen LogP contribution in [-0.2, 0) is 0 Å². The Morgan fingerprint density at radius 2 is 1.52 bits per heavy atom. The minimum Gasteiger partial charge on any atom is -0.368 e. The maximum atomic E-state index is 13.3. The number of aryl methyl sites for hydroxylation is 2. The van der Waals surface area contributed by atoms with Gasteiger partial charge in [0.05, 0.1) is 5.69 Å². The van der Waals surface area contributed by atoms with Gasteiger partial charge in [0.2, 0.25) is 0 Å². The fourth-order valence-corrected chi connectivity index (χ4v) is 4.38. The average Bonchev–Trinajstić information content (AvgIpc) is 3.10. The number of fused-ring (bicyclic) bond motifs is 1. The number of piperazine rings is 1.